The summed E-state index contributed by atoms with van der Waals surface area (Å²) in [6.07, 6.45) is 9.41. The van der Waals surface area contributed by atoms with Gasteiger partial charge in [0.25, 0.3) is 0 Å². The van der Waals surface area contributed by atoms with E-state index in [1.807, 2.05) is 6.92 Å². The van der Waals surface area contributed by atoms with Crippen molar-refractivity contribution in [1.82, 2.24) is 0 Å². The van der Waals surface area contributed by atoms with Crippen LogP contribution in [0.2, 0.25) is 0 Å². The summed E-state index contributed by atoms with van der Waals surface area (Å²) in [7, 11) is 0. The Bertz CT molecular complexity index is 641. The van der Waals surface area contributed by atoms with Crippen LogP contribution in [0.5, 0.6) is 0 Å². The number of hydrogen-bond donors (Lipinski definition) is 0. The molecule has 2 unspecified atom stereocenters. The fourth-order valence-corrected chi connectivity index (χ4v) is 4.70. The van der Waals surface area contributed by atoms with Gasteiger partial charge in [0.05, 0.1) is 0 Å². The molecule has 2 aliphatic carbocycles. The minimum atomic E-state index is -0.735. The molecular formula is C23H32F2. The molecule has 0 nitrogen and oxygen atoms in total. The third-order valence-electron chi connectivity index (χ3n) is 6.32. The van der Waals surface area contributed by atoms with Crippen LogP contribution in [-0.2, 0) is 0 Å². The zero-order valence-corrected chi connectivity index (χ0v) is 16.2. The molecule has 0 aromatic heterocycles. The van der Waals surface area contributed by atoms with Gasteiger partial charge in [0.15, 0.2) is 5.83 Å². The Balaban J connectivity index is 2.60. The summed E-state index contributed by atoms with van der Waals surface area (Å²) in [6, 6.07) is 0. The number of halogens is 2. The average Bonchev–Trinajstić information content (AvgIpc) is 2.67. The molecule has 0 aromatic rings. The fraction of sp³-hybridized carbons (Fsp3) is 0.565. The van der Waals surface area contributed by atoms with Crippen molar-refractivity contribution in [2.24, 2.45) is 17.3 Å². The largest absolute Gasteiger partial charge is 0.208 e. The van der Waals surface area contributed by atoms with E-state index in [1.165, 1.54) is 11.6 Å². The molecule has 0 heterocycles. The highest BCUT2D eigenvalue weighted by atomic mass is 19.2. The lowest BCUT2D eigenvalue weighted by Gasteiger charge is -2.40. The molecule has 0 aromatic carbocycles. The molecule has 0 saturated carbocycles. The number of fused-ring (bicyclic) bond motifs is 1. The minimum Gasteiger partial charge on any atom is -0.208 e. The van der Waals surface area contributed by atoms with Crippen molar-refractivity contribution in [3.05, 3.63) is 59.3 Å². The lowest BCUT2D eigenvalue weighted by atomic mass is 9.64. The second-order valence-corrected chi connectivity index (χ2v) is 7.56. The molecule has 25 heavy (non-hydrogen) atoms. The first-order valence-electron chi connectivity index (χ1n) is 9.66. The monoisotopic (exact) mass is 346 g/mol. The van der Waals surface area contributed by atoms with Gasteiger partial charge < -0.3 is 0 Å². The van der Waals surface area contributed by atoms with E-state index in [-0.39, 0.29) is 11.3 Å². The predicted molar refractivity (Wildman–Crippen MR) is 103 cm³/mol. The zero-order valence-electron chi connectivity index (χ0n) is 16.2. The molecule has 138 valence electrons. The Kier molecular flexibility index (Phi) is 6.24. The van der Waals surface area contributed by atoms with Crippen LogP contribution in [0.3, 0.4) is 0 Å². The summed E-state index contributed by atoms with van der Waals surface area (Å²) in [4.78, 5) is 0. The molecule has 0 amide bonds. The Hall–Kier alpha value is -1.44. The smallest absolute Gasteiger partial charge is 0.155 e. The SMILES string of the molecule is C=C1C=C(CCCCC)C2C(C)=CC(F)=C(F)C2C(=C)C1(CC)CC. The maximum absolute atomic E-state index is 15.0. The van der Waals surface area contributed by atoms with Crippen molar-refractivity contribution in [3.63, 3.8) is 0 Å². The van der Waals surface area contributed by atoms with Crippen LogP contribution in [-0.4, -0.2) is 0 Å². The molecular weight excluding hydrogens is 314 g/mol. The van der Waals surface area contributed by atoms with Crippen LogP contribution in [0.1, 0.15) is 66.2 Å². The molecule has 2 atom stereocenters. The van der Waals surface area contributed by atoms with Gasteiger partial charge in [-0.25, -0.2) is 8.78 Å². The summed E-state index contributed by atoms with van der Waals surface area (Å²) < 4.78 is 29.2. The molecule has 2 rings (SSSR count). The van der Waals surface area contributed by atoms with Crippen molar-refractivity contribution >= 4 is 0 Å². The third-order valence-corrected chi connectivity index (χ3v) is 6.32. The van der Waals surface area contributed by atoms with Gasteiger partial charge in [-0.3, -0.25) is 0 Å². The second kappa shape index (κ2) is 7.85. The lowest BCUT2D eigenvalue weighted by Crippen LogP contribution is -2.31. The van der Waals surface area contributed by atoms with E-state index in [9.17, 15) is 8.78 Å². The number of rotatable bonds is 6. The quantitative estimate of drug-likeness (QED) is 0.340. The molecule has 0 N–H and O–H groups in total. The van der Waals surface area contributed by atoms with Crippen molar-refractivity contribution < 1.29 is 8.78 Å². The van der Waals surface area contributed by atoms with E-state index in [0.29, 0.717) is 0 Å². The standard InChI is InChI=1S/C23H32F2/c1-7-10-11-12-18-14-16(5)23(8-2,9-3)17(6)21-20(18)15(4)13-19(24)22(21)25/h13-14,20-21H,5-12H2,1-4H3. The van der Waals surface area contributed by atoms with Crippen LogP contribution in [0.4, 0.5) is 8.78 Å². The van der Waals surface area contributed by atoms with Crippen LogP contribution in [0.25, 0.3) is 0 Å². The molecule has 2 aliphatic rings. The summed E-state index contributed by atoms with van der Waals surface area (Å²) in [6.45, 7) is 16.9. The highest BCUT2D eigenvalue weighted by Crippen LogP contribution is 2.56. The van der Waals surface area contributed by atoms with Crippen LogP contribution < -0.4 is 0 Å². The summed E-state index contributed by atoms with van der Waals surface area (Å²) in [5, 5.41) is 0. The van der Waals surface area contributed by atoms with Gasteiger partial charge in [0.2, 0.25) is 0 Å². The summed E-state index contributed by atoms with van der Waals surface area (Å²) >= 11 is 0. The van der Waals surface area contributed by atoms with Gasteiger partial charge in [0.1, 0.15) is 5.83 Å². The van der Waals surface area contributed by atoms with E-state index in [2.05, 4.69) is 40.0 Å². The second-order valence-electron chi connectivity index (χ2n) is 7.56. The maximum atomic E-state index is 15.0. The lowest BCUT2D eigenvalue weighted by molar-refractivity contribution is 0.320. The Labute approximate surface area is 152 Å². The molecule has 0 saturated heterocycles. The maximum Gasteiger partial charge on any atom is 0.155 e. The number of allylic oxidation sites excluding steroid dienone is 8. The van der Waals surface area contributed by atoms with Gasteiger partial charge in [-0.1, -0.05) is 69.6 Å². The predicted octanol–water partition coefficient (Wildman–Crippen LogP) is 7.77. The van der Waals surface area contributed by atoms with Crippen molar-refractivity contribution in [2.45, 2.75) is 66.2 Å². The van der Waals surface area contributed by atoms with Gasteiger partial charge in [-0.15, -0.1) is 0 Å². The van der Waals surface area contributed by atoms with Gasteiger partial charge in [-0.05, 0) is 44.3 Å². The molecule has 0 fully saturated rings. The van der Waals surface area contributed by atoms with Crippen molar-refractivity contribution in [2.75, 3.05) is 0 Å². The third kappa shape index (κ3) is 3.32. The fourth-order valence-electron chi connectivity index (χ4n) is 4.70. The highest BCUT2D eigenvalue weighted by molar-refractivity contribution is 5.49. The van der Waals surface area contributed by atoms with Gasteiger partial charge in [-0.2, -0.15) is 0 Å². The summed E-state index contributed by atoms with van der Waals surface area (Å²) in [5.41, 5.74) is 3.51. The van der Waals surface area contributed by atoms with Gasteiger partial charge in [0, 0.05) is 17.3 Å². The van der Waals surface area contributed by atoms with Gasteiger partial charge >= 0.3 is 0 Å². The Morgan fingerprint density at radius 1 is 1.00 bits per heavy atom. The zero-order chi connectivity index (χ0) is 18.8. The van der Waals surface area contributed by atoms with Crippen molar-refractivity contribution in [1.29, 1.82) is 0 Å². The van der Waals surface area contributed by atoms with E-state index in [0.717, 1.165) is 55.2 Å². The topological polar surface area (TPSA) is 0 Å². The van der Waals surface area contributed by atoms with E-state index in [1.54, 1.807) is 0 Å². The first kappa shape index (κ1) is 19.9. The normalized spacial score (nSPS) is 26.2. The molecule has 0 radical (unpaired) electrons. The van der Waals surface area contributed by atoms with E-state index in [4.69, 9.17) is 0 Å². The van der Waals surface area contributed by atoms with E-state index < -0.39 is 17.6 Å². The Morgan fingerprint density at radius 2 is 1.64 bits per heavy atom. The first-order valence-corrected chi connectivity index (χ1v) is 9.66. The van der Waals surface area contributed by atoms with E-state index >= 15 is 0 Å². The van der Waals surface area contributed by atoms with Crippen LogP contribution in [0, 0.1) is 17.3 Å². The van der Waals surface area contributed by atoms with Crippen LogP contribution in [0.15, 0.2) is 59.3 Å². The minimum absolute atomic E-state index is 0.124. The number of unbranched alkanes of at least 4 members (excludes halogenated alkanes) is 2. The molecule has 2 heteroatoms. The summed E-state index contributed by atoms with van der Waals surface area (Å²) in [5.74, 6) is -2.11. The first-order chi connectivity index (χ1) is 11.8. The molecule has 0 aliphatic heterocycles. The number of hydrogen-bond acceptors (Lipinski definition) is 0. The molecule has 0 spiro atoms. The Morgan fingerprint density at radius 3 is 2.20 bits per heavy atom. The van der Waals surface area contributed by atoms with Crippen LogP contribution >= 0.6 is 0 Å². The highest BCUT2D eigenvalue weighted by Gasteiger charge is 2.46. The average molecular weight is 347 g/mol. The van der Waals surface area contributed by atoms with Crippen molar-refractivity contribution in [3.8, 4) is 0 Å². The molecule has 0 bridgehead atoms.